The molecule has 6 nitrogen and oxygen atoms in total. The van der Waals surface area contributed by atoms with E-state index in [0.29, 0.717) is 13.0 Å². The quantitative estimate of drug-likeness (QED) is 0.421. The van der Waals surface area contributed by atoms with Crippen LogP contribution in [0.4, 0.5) is 0 Å². The molecule has 0 amide bonds. The number of hydrogen-bond acceptors (Lipinski definition) is 4. The molecule has 0 aromatic carbocycles. The Labute approximate surface area is 111 Å². The first-order chi connectivity index (χ1) is 8.18. The molecular formula is C11H28N3O3S+. The summed E-state index contributed by atoms with van der Waals surface area (Å²) in [5, 5.41) is 0. The summed E-state index contributed by atoms with van der Waals surface area (Å²) in [6.45, 7) is 4.13. The second-order valence-corrected chi connectivity index (χ2v) is 6.95. The third-order valence-corrected chi connectivity index (χ3v) is 3.88. The average Bonchev–Trinajstić information content (AvgIpc) is 2.14. The lowest BCUT2D eigenvalue weighted by Gasteiger charge is -2.34. The average molecular weight is 282 g/mol. The molecule has 0 aromatic heterocycles. The lowest BCUT2D eigenvalue weighted by atomic mass is 10.2. The molecular weight excluding hydrogens is 254 g/mol. The van der Waals surface area contributed by atoms with Crippen LogP contribution in [-0.4, -0.2) is 82.0 Å². The van der Waals surface area contributed by atoms with Gasteiger partial charge in [-0.1, -0.05) is 0 Å². The van der Waals surface area contributed by atoms with Crippen LogP contribution < -0.4 is 5.73 Å². The standard InChI is InChI=1S/C11H27N3O3S/c1-13(2)7-4-8-14(3,10-6-12)9-5-11-18(15,16)17/h4-12H2,1-3H3/p+1. The molecule has 0 aliphatic rings. The number of nitrogens with zero attached hydrogens (tertiary/aromatic N) is 2. The van der Waals surface area contributed by atoms with E-state index in [1.807, 2.05) is 14.1 Å². The third-order valence-electron chi connectivity index (χ3n) is 3.07. The summed E-state index contributed by atoms with van der Waals surface area (Å²) in [5.74, 6) is -0.168. The van der Waals surface area contributed by atoms with E-state index in [1.165, 1.54) is 0 Å². The predicted octanol–water partition coefficient (Wildman–Crippen LogP) is -0.379. The fraction of sp³-hybridized carbons (Fsp3) is 1.00. The topological polar surface area (TPSA) is 83.6 Å². The number of nitrogens with two attached hydrogens (primary N) is 1. The highest BCUT2D eigenvalue weighted by Crippen LogP contribution is 2.06. The Morgan fingerprint density at radius 3 is 2.17 bits per heavy atom. The molecule has 0 aromatic rings. The van der Waals surface area contributed by atoms with Crippen LogP contribution in [-0.2, 0) is 10.1 Å². The summed E-state index contributed by atoms with van der Waals surface area (Å²) in [4.78, 5) is 2.13. The van der Waals surface area contributed by atoms with E-state index in [1.54, 1.807) is 0 Å². The first-order valence-electron chi connectivity index (χ1n) is 6.32. The van der Waals surface area contributed by atoms with Crippen LogP contribution in [0.5, 0.6) is 0 Å². The van der Waals surface area contributed by atoms with Crippen molar-refractivity contribution in [2.45, 2.75) is 12.8 Å². The fourth-order valence-electron chi connectivity index (χ4n) is 2.04. The van der Waals surface area contributed by atoms with Crippen molar-refractivity contribution in [3.05, 3.63) is 0 Å². The molecule has 0 spiro atoms. The van der Waals surface area contributed by atoms with Crippen LogP contribution in [0.25, 0.3) is 0 Å². The van der Waals surface area contributed by atoms with E-state index < -0.39 is 10.1 Å². The Morgan fingerprint density at radius 2 is 1.72 bits per heavy atom. The Kier molecular flexibility index (Phi) is 7.97. The maximum atomic E-state index is 10.7. The summed E-state index contributed by atoms with van der Waals surface area (Å²) in [7, 11) is 2.31. The zero-order valence-electron chi connectivity index (χ0n) is 11.8. The van der Waals surface area contributed by atoms with E-state index in [4.69, 9.17) is 10.3 Å². The van der Waals surface area contributed by atoms with Crippen molar-refractivity contribution in [1.29, 1.82) is 0 Å². The van der Waals surface area contributed by atoms with Gasteiger partial charge in [-0.2, -0.15) is 8.42 Å². The van der Waals surface area contributed by atoms with Crippen LogP contribution in [0.1, 0.15) is 12.8 Å². The third kappa shape index (κ3) is 9.78. The van der Waals surface area contributed by atoms with Gasteiger partial charge in [0.25, 0.3) is 10.1 Å². The first-order valence-corrected chi connectivity index (χ1v) is 7.93. The Bertz CT molecular complexity index is 319. The molecule has 0 bridgehead atoms. The second kappa shape index (κ2) is 8.06. The van der Waals surface area contributed by atoms with Crippen molar-refractivity contribution in [2.75, 3.05) is 59.6 Å². The number of quaternary nitrogens is 1. The molecule has 1 atom stereocenters. The number of likely N-dealkylation sites (N-methyl/N-ethyl adjacent to an activating group) is 1. The zero-order valence-corrected chi connectivity index (χ0v) is 12.6. The largest absolute Gasteiger partial charge is 0.326 e. The molecule has 110 valence electrons. The van der Waals surface area contributed by atoms with Gasteiger partial charge < -0.3 is 15.1 Å². The van der Waals surface area contributed by atoms with Gasteiger partial charge in [-0.05, 0) is 14.1 Å². The Hall–Kier alpha value is -0.210. The van der Waals surface area contributed by atoms with Crippen molar-refractivity contribution < 1.29 is 17.5 Å². The SMILES string of the molecule is CN(C)CCC[N+](C)(CCN)CCCS(=O)(=O)O. The highest BCUT2D eigenvalue weighted by Gasteiger charge is 2.21. The van der Waals surface area contributed by atoms with Crippen molar-refractivity contribution in [3.8, 4) is 0 Å². The number of hydrogen-bond donors (Lipinski definition) is 2. The molecule has 1 unspecified atom stereocenters. The minimum absolute atomic E-state index is 0.168. The molecule has 0 fully saturated rings. The normalized spacial score (nSPS) is 15.9. The van der Waals surface area contributed by atoms with Crippen LogP contribution >= 0.6 is 0 Å². The lowest BCUT2D eigenvalue weighted by Crippen LogP contribution is -2.49. The van der Waals surface area contributed by atoms with Crippen molar-refractivity contribution in [1.82, 2.24) is 4.90 Å². The smallest absolute Gasteiger partial charge is 0.265 e. The van der Waals surface area contributed by atoms with Gasteiger partial charge in [-0.25, -0.2) is 0 Å². The van der Waals surface area contributed by atoms with Crippen LogP contribution in [0.15, 0.2) is 0 Å². The highest BCUT2D eigenvalue weighted by atomic mass is 32.2. The van der Waals surface area contributed by atoms with Gasteiger partial charge >= 0.3 is 0 Å². The molecule has 7 heteroatoms. The molecule has 0 aliphatic carbocycles. The van der Waals surface area contributed by atoms with Crippen molar-refractivity contribution in [3.63, 3.8) is 0 Å². The number of rotatable bonds is 10. The Balaban J connectivity index is 4.16. The molecule has 0 saturated carbocycles. The van der Waals surface area contributed by atoms with Gasteiger partial charge in [0.2, 0.25) is 0 Å². The second-order valence-electron chi connectivity index (χ2n) is 5.38. The maximum absolute atomic E-state index is 10.7. The summed E-state index contributed by atoms with van der Waals surface area (Å²) >= 11 is 0. The molecule has 0 rings (SSSR count). The van der Waals surface area contributed by atoms with E-state index >= 15 is 0 Å². The van der Waals surface area contributed by atoms with E-state index in [9.17, 15) is 8.42 Å². The van der Waals surface area contributed by atoms with Gasteiger partial charge in [0.05, 0.1) is 32.4 Å². The molecule has 0 saturated heterocycles. The Morgan fingerprint density at radius 1 is 1.17 bits per heavy atom. The summed E-state index contributed by atoms with van der Waals surface area (Å²) in [6, 6.07) is 0. The van der Waals surface area contributed by atoms with Gasteiger partial charge in [-0.3, -0.25) is 4.55 Å². The summed E-state index contributed by atoms with van der Waals surface area (Å²) < 4.78 is 30.9. The minimum Gasteiger partial charge on any atom is -0.326 e. The monoisotopic (exact) mass is 282 g/mol. The first kappa shape index (κ1) is 17.8. The van der Waals surface area contributed by atoms with Gasteiger partial charge in [-0.15, -0.1) is 0 Å². The molecule has 0 radical (unpaired) electrons. The molecule has 3 N–H and O–H groups in total. The highest BCUT2D eigenvalue weighted by molar-refractivity contribution is 7.85. The van der Waals surface area contributed by atoms with E-state index in [0.717, 1.165) is 37.1 Å². The predicted molar refractivity (Wildman–Crippen MR) is 74.0 cm³/mol. The zero-order chi connectivity index (χ0) is 14.2. The minimum atomic E-state index is -3.84. The van der Waals surface area contributed by atoms with Crippen LogP contribution in [0.3, 0.4) is 0 Å². The van der Waals surface area contributed by atoms with Gasteiger partial charge in [0, 0.05) is 25.9 Å². The molecule has 18 heavy (non-hydrogen) atoms. The van der Waals surface area contributed by atoms with Crippen LogP contribution in [0, 0.1) is 0 Å². The lowest BCUT2D eigenvalue weighted by molar-refractivity contribution is -0.908. The molecule has 0 aliphatic heterocycles. The molecule has 0 heterocycles. The van der Waals surface area contributed by atoms with Crippen LogP contribution in [0.2, 0.25) is 0 Å². The van der Waals surface area contributed by atoms with Crippen molar-refractivity contribution >= 4 is 10.1 Å². The summed E-state index contributed by atoms with van der Waals surface area (Å²) in [5.41, 5.74) is 5.61. The van der Waals surface area contributed by atoms with E-state index in [2.05, 4.69) is 11.9 Å². The van der Waals surface area contributed by atoms with Crippen molar-refractivity contribution in [2.24, 2.45) is 5.73 Å². The summed E-state index contributed by atoms with van der Waals surface area (Å²) in [6.07, 6.45) is 1.52. The maximum Gasteiger partial charge on any atom is 0.265 e. The van der Waals surface area contributed by atoms with Gasteiger partial charge in [0.1, 0.15) is 0 Å². The van der Waals surface area contributed by atoms with E-state index in [-0.39, 0.29) is 5.75 Å². The van der Waals surface area contributed by atoms with Gasteiger partial charge in [0.15, 0.2) is 0 Å². The fourth-order valence-corrected chi connectivity index (χ4v) is 2.54.